The van der Waals surface area contributed by atoms with Gasteiger partial charge in [-0.1, -0.05) is 32.0 Å². The molecular formula is C27H32N2O4. The van der Waals surface area contributed by atoms with Gasteiger partial charge in [-0.2, -0.15) is 0 Å². The number of methoxy groups -OCH3 is 1. The van der Waals surface area contributed by atoms with Gasteiger partial charge in [-0.25, -0.2) is 4.79 Å². The van der Waals surface area contributed by atoms with Crippen molar-refractivity contribution in [3.05, 3.63) is 69.4 Å². The Hall–Kier alpha value is -3.28. The van der Waals surface area contributed by atoms with Crippen LogP contribution < -0.4 is 15.6 Å². The maximum atomic E-state index is 13.1. The van der Waals surface area contributed by atoms with Gasteiger partial charge in [0.05, 0.1) is 24.1 Å². The zero-order chi connectivity index (χ0) is 23.8. The standard InChI is InChI=1S/C27H32N2O4/c1-17-14-20(18(2)28-22-9-7-6-8-19(22)26(31)32-5)25-21(15-17)23(30)16-24(33-25)29-12-10-27(3,4)11-13-29/h6-9,14-16,18,28H,10-13H2,1-5H3. The molecule has 33 heavy (non-hydrogen) atoms. The Balaban J connectivity index is 1.74. The van der Waals surface area contributed by atoms with Crippen LogP contribution in [0.1, 0.15) is 61.1 Å². The first kappa shape index (κ1) is 22.9. The van der Waals surface area contributed by atoms with Gasteiger partial charge >= 0.3 is 5.97 Å². The molecule has 6 nitrogen and oxygen atoms in total. The lowest BCUT2D eigenvalue weighted by molar-refractivity contribution is 0.0602. The van der Waals surface area contributed by atoms with E-state index in [1.165, 1.54) is 7.11 Å². The predicted octanol–water partition coefficient (Wildman–Crippen LogP) is 5.69. The van der Waals surface area contributed by atoms with E-state index in [1.54, 1.807) is 18.2 Å². The molecule has 2 aromatic carbocycles. The van der Waals surface area contributed by atoms with Gasteiger partial charge in [0.25, 0.3) is 0 Å². The zero-order valence-corrected chi connectivity index (χ0v) is 20.0. The SMILES string of the molecule is COC(=O)c1ccccc1NC(C)c1cc(C)cc2c(=O)cc(N3CCC(C)(C)CC3)oc12. The van der Waals surface area contributed by atoms with E-state index in [0.29, 0.717) is 33.5 Å². The van der Waals surface area contributed by atoms with E-state index in [4.69, 9.17) is 9.15 Å². The van der Waals surface area contributed by atoms with Crippen LogP contribution in [0.5, 0.6) is 0 Å². The maximum Gasteiger partial charge on any atom is 0.339 e. The van der Waals surface area contributed by atoms with Crippen LogP contribution in [-0.4, -0.2) is 26.2 Å². The van der Waals surface area contributed by atoms with Crippen molar-refractivity contribution in [2.45, 2.75) is 46.6 Å². The van der Waals surface area contributed by atoms with Gasteiger partial charge in [0.15, 0.2) is 11.3 Å². The smallest absolute Gasteiger partial charge is 0.339 e. The van der Waals surface area contributed by atoms with Gasteiger partial charge in [0, 0.05) is 30.4 Å². The van der Waals surface area contributed by atoms with E-state index in [2.05, 4.69) is 24.1 Å². The number of anilines is 2. The molecule has 0 amide bonds. The van der Waals surface area contributed by atoms with E-state index in [9.17, 15) is 9.59 Å². The molecule has 0 radical (unpaired) electrons. The van der Waals surface area contributed by atoms with E-state index < -0.39 is 5.97 Å². The summed E-state index contributed by atoms with van der Waals surface area (Å²) in [5, 5.41) is 3.98. The summed E-state index contributed by atoms with van der Waals surface area (Å²) < 4.78 is 11.3. The number of carbonyl (C=O) groups is 1. The number of fused-ring (bicyclic) bond motifs is 1. The van der Waals surface area contributed by atoms with Crippen LogP contribution in [0.4, 0.5) is 11.6 Å². The minimum Gasteiger partial charge on any atom is -0.465 e. The van der Waals surface area contributed by atoms with Crippen molar-refractivity contribution >= 4 is 28.5 Å². The first-order chi connectivity index (χ1) is 15.7. The normalized spacial score (nSPS) is 16.5. The fraction of sp³-hybridized carbons (Fsp3) is 0.407. The lowest BCUT2D eigenvalue weighted by atomic mass is 9.83. The number of carbonyl (C=O) groups excluding carboxylic acids is 1. The van der Waals surface area contributed by atoms with Crippen LogP contribution in [0, 0.1) is 12.3 Å². The quantitative estimate of drug-likeness (QED) is 0.506. The van der Waals surface area contributed by atoms with Gasteiger partial charge in [-0.3, -0.25) is 4.79 Å². The molecule has 1 fully saturated rings. The summed E-state index contributed by atoms with van der Waals surface area (Å²) in [5.74, 6) is 0.219. The van der Waals surface area contributed by atoms with Crippen molar-refractivity contribution in [2.75, 3.05) is 30.4 Å². The fourth-order valence-corrected chi connectivity index (χ4v) is 4.44. The summed E-state index contributed by atoms with van der Waals surface area (Å²) in [4.78, 5) is 27.4. The predicted molar refractivity (Wildman–Crippen MR) is 132 cm³/mol. The summed E-state index contributed by atoms with van der Waals surface area (Å²) in [6.07, 6.45) is 2.11. The number of benzene rings is 2. The van der Waals surface area contributed by atoms with Crippen LogP contribution >= 0.6 is 0 Å². The molecule has 2 heterocycles. The number of piperidine rings is 1. The highest BCUT2D eigenvalue weighted by Crippen LogP contribution is 2.34. The number of nitrogens with zero attached hydrogens (tertiary/aromatic N) is 1. The van der Waals surface area contributed by atoms with Crippen molar-refractivity contribution in [3.63, 3.8) is 0 Å². The highest BCUT2D eigenvalue weighted by atomic mass is 16.5. The summed E-state index contributed by atoms with van der Waals surface area (Å²) in [6.45, 7) is 10.3. The number of aryl methyl sites for hydroxylation is 1. The van der Waals surface area contributed by atoms with E-state index >= 15 is 0 Å². The molecule has 1 aliphatic rings. The Morgan fingerprint density at radius 2 is 1.85 bits per heavy atom. The van der Waals surface area contributed by atoms with Crippen molar-refractivity contribution in [1.82, 2.24) is 0 Å². The van der Waals surface area contributed by atoms with Gasteiger partial charge in [0.1, 0.15) is 5.58 Å². The lowest BCUT2D eigenvalue weighted by Crippen LogP contribution is -2.37. The first-order valence-electron chi connectivity index (χ1n) is 11.5. The average molecular weight is 449 g/mol. The average Bonchev–Trinajstić information content (AvgIpc) is 2.78. The molecule has 1 aromatic heterocycles. The van der Waals surface area contributed by atoms with Gasteiger partial charge in [-0.15, -0.1) is 0 Å². The second kappa shape index (κ2) is 8.93. The summed E-state index contributed by atoms with van der Waals surface area (Å²) in [7, 11) is 1.37. The molecule has 0 spiro atoms. The molecule has 1 N–H and O–H groups in total. The van der Waals surface area contributed by atoms with Crippen LogP contribution in [0.15, 0.2) is 51.7 Å². The maximum absolute atomic E-state index is 13.1. The minimum atomic E-state index is -0.402. The first-order valence-corrected chi connectivity index (χ1v) is 11.5. The van der Waals surface area contributed by atoms with Gasteiger partial charge in [0.2, 0.25) is 0 Å². The van der Waals surface area contributed by atoms with Crippen molar-refractivity contribution in [1.29, 1.82) is 0 Å². The molecule has 0 saturated carbocycles. The number of esters is 1. The van der Waals surface area contributed by atoms with Crippen molar-refractivity contribution in [2.24, 2.45) is 5.41 Å². The highest BCUT2D eigenvalue weighted by molar-refractivity contribution is 5.95. The summed E-state index contributed by atoms with van der Waals surface area (Å²) >= 11 is 0. The van der Waals surface area contributed by atoms with Crippen molar-refractivity contribution in [3.8, 4) is 0 Å². The number of rotatable bonds is 5. The number of ether oxygens (including phenoxy) is 1. The monoisotopic (exact) mass is 448 g/mol. The Kier molecular flexibility index (Phi) is 6.19. The number of nitrogens with one attached hydrogen (secondary N) is 1. The van der Waals surface area contributed by atoms with E-state index in [1.807, 2.05) is 38.1 Å². The van der Waals surface area contributed by atoms with Gasteiger partial charge < -0.3 is 19.4 Å². The van der Waals surface area contributed by atoms with Crippen molar-refractivity contribution < 1.29 is 13.9 Å². The zero-order valence-electron chi connectivity index (χ0n) is 20.0. The topological polar surface area (TPSA) is 71.8 Å². The third kappa shape index (κ3) is 4.75. The minimum absolute atomic E-state index is 0.0387. The summed E-state index contributed by atoms with van der Waals surface area (Å²) in [5.41, 5.74) is 3.84. The fourth-order valence-electron chi connectivity index (χ4n) is 4.44. The third-order valence-electron chi connectivity index (χ3n) is 6.59. The highest BCUT2D eigenvalue weighted by Gasteiger charge is 2.27. The van der Waals surface area contributed by atoms with E-state index in [0.717, 1.165) is 37.1 Å². The number of hydrogen-bond acceptors (Lipinski definition) is 6. The third-order valence-corrected chi connectivity index (χ3v) is 6.59. The van der Waals surface area contributed by atoms with E-state index in [-0.39, 0.29) is 11.5 Å². The Labute approximate surface area is 194 Å². The molecule has 174 valence electrons. The Bertz CT molecular complexity index is 1230. The van der Waals surface area contributed by atoms with Crippen LogP contribution in [0.3, 0.4) is 0 Å². The number of para-hydroxylation sites is 1. The Morgan fingerprint density at radius 1 is 1.15 bits per heavy atom. The molecule has 3 aromatic rings. The molecule has 1 aliphatic heterocycles. The Morgan fingerprint density at radius 3 is 2.55 bits per heavy atom. The van der Waals surface area contributed by atoms with Gasteiger partial charge in [-0.05, 0) is 55.9 Å². The molecule has 0 aliphatic carbocycles. The second-order valence-electron chi connectivity index (χ2n) is 9.73. The molecule has 0 bridgehead atoms. The molecule has 4 rings (SSSR count). The molecule has 6 heteroatoms. The molecule has 1 atom stereocenters. The van der Waals surface area contributed by atoms with Crippen LogP contribution in [0.2, 0.25) is 0 Å². The molecule has 1 saturated heterocycles. The van der Waals surface area contributed by atoms with Crippen LogP contribution in [-0.2, 0) is 4.74 Å². The second-order valence-corrected chi connectivity index (χ2v) is 9.73. The molecule has 1 unspecified atom stereocenters. The summed E-state index contributed by atoms with van der Waals surface area (Å²) in [6, 6.07) is 12.6. The molecular weight excluding hydrogens is 416 g/mol. The van der Waals surface area contributed by atoms with Crippen LogP contribution in [0.25, 0.3) is 11.0 Å². The lowest BCUT2D eigenvalue weighted by Gasteiger charge is -2.37. The number of hydrogen-bond donors (Lipinski definition) is 1. The largest absolute Gasteiger partial charge is 0.465 e.